The molecule has 222 valence electrons. The van der Waals surface area contributed by atoms with Crippen LogP contribution in [0.2, 0.25) is 0 Å². The number of fused-ring (bicyclic) bond motifs is 1. The van der Waals surface area contributed by atoms with E-state index in [0.717, 1.165) is 0 Å². The maximum Gasteiger partial charge on any atom is 0.368 e. The Morgan fingerprint density at radius 2 is 1.34 bits per heavy atom. The number of phenols is 2. The zero-order valence-corrected chi connectivity index (χ0v) is 21.4. The largest absolute Gasteiger partial charge is 0.508 e. The molecule has 0 spiro atoms. The fraction of sp³-hybridized carbons (Fsp3) is 0.444. The van der Waals surface area contributed by atoms with Crippen molar-refractivity contribution in [2.75, 3.05) is 13.2 Å². The molecule has 2 aliphatic rings. The van der Waals surface area contributed by atoms with Gasteiger partial charge in [0.2, 0.25) is 6.29 Å². The molecule has 0 radical (unpaired) electrons. The van der Waals surface area contributed by atoms with Crippen molar-refractivity contribution in [2.24, 2.45) is 0 Å². The molecule has 2 saturated heterocycles. The Bertz CT molecular complexity index is 1330. The predicted molar refractivity (Wildman–Crippen MR) is 136 cm³/mol. The molecule has 14 heteroatoms. The van der Waals surface area contributed by atoms with Gasteiger partial charge in [-0.1, -0.05) is 0 Å². The Kier molecular flexibility index (Phi) is 8.58. The first kappa shape index (κ1) is 29.3. The van der Waals surface area contributed by atoms with Crippen molar-refractivity contribution in [3.63, 3.8) is 0 Å². The highest BCUT2D eigenvalue weighted by atomic mass is 16.7. The SMILES string of the molecule is OC[C@H]1O[C@@H](O[C@H]2[C@H](O)[C@@H](O)[C@H](Oc3cc(O)cc4[o+]c(-c5ccc(O)cc5)ccc34)O[C@@H]2CO)[C@H](O)[C@@H](O)[C@@H]1O. The molecule has 0 bridgehead atoms. The monoisotopic (exact) mass is 579 g/mol. The summed E-state index contributed by atoms with van der Waals surface area (Å²) in [5, 5.41) is 91.5. The summed E-state index contributed by atoms with van der Waals surface area (Å²) in [5.74, 6) is 0.278. The maximum atomic E-state index is 10.9. The van der Waals surface area contributed by atoms with E-state index in [4.69, 9.17) is 23.4 Å². The molecule has 3 heterocycles. The normalized spacial score (nSPS) is 34.0. The highest BCUT2D eigenvalue weighted by molar-refractivity contribution is 5.86. The van der Waals surface area contributed by atoms with Crippen LogP contribution in [0, 0.1) is 0 Å². The number of aromatic hydroxyl groups is 2. The van der Waals surface area contributed by atoms with E-state index in [1.807, 2.05) is 0 Å². The van der Waals surface area contributed by atoms with Crippen molar-refractivity contribution in [1.29, 1.82) is 0 Å². The summed E-state index contributed by atoms with van der Waals surface area (Å²) in [4.78, 5) is 0. The number of hydrogen-bond donors (Lipinski definition) is 9. The first-order chi connectivity index (χ1) is 19.6. The average molecular weight is 580 g/mol. The van der Waals surface area contributed by atoms with Crippen LogP contribution in [0.5, 0.6) is 17.2 Å². The van der Waals surface area contributed by atoms with Gasteiger partial charge in [0.15, 0.2) is 6.29 Å². The quantitative estimate of drug-likeness (QED) is 0.150. The van der Waals surface area contributed by atoms with Crippen molar-refractivity contribution in [1.82, 2.24) is 0 Å². The van der Waals surface area contributed by atoms with Crippen LogP contribution < -0.4 is 4.74 Å². The molecular weight excluding hydrogens is 548 g/mol. The van der Waals surface area contributed by atoms with E-state index in [1.165, 1.54) is 24.3 Å². The number of aliphatic hydroxyl groups is 7. The molecule has 1 aromatic heterocycles. The Balaban J connectivity index is 1.36. The molecule has 0 unspecified atom stereocenters. The summed E-state index contributed by atoms with van der Waals surface area (Å²) >= 11 is 0. The van der Waals surface area contributed by atoms with Gasteiger partial charge in [-0.15, -0.1) is 0 Å². The summed E-state index contributed by atoms with van der Waals surface area (Å²) in [5.41, 5.74) is 0.861. The summed E-state index contributed by atoms with van der Waals surface area (Å²) in [6.45, 7) is -1.45. The second-order valence-electron chi connectivity index (χ2n) is 9.82. The van der Waals surface area contributed by atoms with E-state index >= 15 is 0 Å². The topological polar surface area (TPSA) is 230 Å². The van der Waals surface area contributed by atoms with Gasteiger partial charge in [0, 0.05) is 12.1 Å². The minimum atomic E-state index is -1.79. The van der Waals surface area contributed by atoms with Gasteiger partial charge in [-0.05, 0) is 30.3 Å². The predicted octanol–water partition coefficient (Wildman–Crippen LogP) is -1.21. The van der Waals surface area contributed by atoms with E-state index in [9.17, 15) is 46.0 Å². The van der Waals surface area contributed by atoms with Crippen LogP contribution in [0.15, 0.2) is 52.9 Å². The van der Waals surface area contributed by atoms with Gasteiger partial charge in [0.1, 0.15) is 71.5 Å². The highest BCUT2D eigenvalue weighted by Gasteiger charge is 2.51. The Morgan fingerprint density at radius 3 is 2.02 bits per heavy atom. The van der Waals surface area contributed by atoms with Gasteiger partial charge >= 0.3 is 11.3 Å². The number of aliphatic hydroxyl groups excluding tert-OH is 7. The molecule has 14 nitrogen and oxygen atoms in total. The second-order valence-corrected chi connectivity index (χ2v) is 9.82. The van der Waals surface area contributed by atoms with Crippen LogP contribution in [0.25, 0.3) is 22.3 Å². The third-order valence-electron chi connectivity index (χ3n) is 7.07. The Hall–Kier alpha value is -3.15. The van der Waals surface area contributed by atoms with Crippen LogP contribution in [-0.2, 0) is 14.2 Å². The van der Waals surface area contributed by atoms with Crippen molar-refractivity contribution in [2.45, 2.75) is 61.4 Å². The first-order valence-electron chi connectivity index (χ1n) is 12.8. The third kappa shape index (κ3) is 5.80. The molecule has 2 aromatic carbocycles. The zero-order valence-electron chi connectivity index (χ0n) is 21.4. The lowest BCUT2D eigenvalue weighted by atomic mass is 9.97. The number of rotatable bonds is 7. The van der Waals surface area contributed by atoms with Crippen molar-refractivity contribution in [3.8, 4) is 28.6 Å². The molecule has 0 saturated carbocycles. The molecule has 0 amide bonds. The lowest BCUT2D eigenvalue weighted by Crippen LogP contribution is -2.65. The number of ether oxygens (including phenoxy) is 4. The van der Waals surface area contributed by atoms with Crippen LogP contribution >= 0.6 is 0 Å². The lowest BCUT2D eigenvalue weighted by molar-refractivity contribution is -0.352. The summed E-state index contributed by atoms with van der Waals surface area (Å²) < 4.78 is 28.2. The second kappa shape index (κ2) is 12.0. The zero-order chi connectivity index (χ0) is 29.4. The van der Waals surface area contributed by atoms with Crippen LogP contribution in [0.3, 0.4) is 0 Å². The van der Waals surface area contributed by atoms with Crippen molar-refractivity contribution >= 4 is 11.0 Å². The Morgan fingerprint density at radius 1 is 0.683 bits per heavy atom. The molecule has 41 heavy (non-hydrogen) atoms. The minimum absolute atomic E-state index is 0.0160. The summed E-state index contributed by atoms with van der Waals surface area (Å²) in [6, 6.07) is 12.1. The highest BCUT2D eigenvalue weighted by Crippen LogP contribution is 2.37. The van der Waals surface area contributed by atoms with Crippen LogP contribution in [0.4, 0.5) is 0 Å². The molecular formula is C27H31O14+. The fourth-order valence-electron chi connectivity index (χ4n) is 4.80. The van der Waals surface area contributed by atoms with E-state index in [-0.39, 0.29) is 22.8 Å². The van der Waals surface area contributed by atoms with Gasteiger partial charge < -0.3 is 64.9 Å². The van der Waals surface area contributed by atoms with Gasteiger partial charge in [-0.2, -0.15) is 0 Å². The van der Waals surface area contributed by atoms with Gasteiger partial charge in [0.05, 0.1) is 24.8 Å². The third-order valence-corrected chi connectivity index (χ3v) is 7.07. The molecule has 2 aliphatic heterocycles. The fourth-order valence-corrected chi connectivity index (χ4v) is 4.80. The minimum Gasteiger partial charge on any atom is -0.508 e. The maximum absolute atomic E-state index is 10.9. The summed E-state index contributed by atoms with van der Waals surface area (Å²) in [7, 11) is 0. The molecule has 2 fully saturated rings. The van der Waals surface area contributed by atoms with E-state index in [0.29, 0.717) is 16.7 Å². The van der Waals surface area contributed by atoms with Crippen molar-refractivity contribution < 1.29 is 69.3 Å². The smallest absolute Gasteiger partial charge is 0.368 e. The number of hydrogen-bond acceptors (Lipinski definition) is 13. The van der Waals surface area contributed by atoms with Gasteiger partial charge in [-0.25, -0.2) is 4.42 Å². The molecule has 5 rings (SSSR count). The van der Waals surface area contributed by atoms with Gasteiger partial charge in [0.25, 0.3) is 0 Å². The standard InChI is InChI=1S/C27H30O14/c28-9-18-20(32)21(33)23(35)27(39-18)41-25-19(10-29)40-26(24(36)22(25)34)38-17-8-13(31)7-16-14(17)5-6-15(37-16)11-1-3-12(30)4-2-11/h1-8,18-29,32-36H,9-10H2,(H-,30,31)/p+1/t18-,19-,20-,21+,22-,23-,24-,25-,26-,27+/m1/s1. The molecule has 0 aliphatic carbocycles. The van der Waals surface area contributed by atoms with E-state index in [2.05, 4.69) is 0 Å². The van der Waals surface area contributed by atoms with Crippen molar-refractivity contribution in [3.05, 3.63) is 48.5 Å². The molecule has 9 N–H and O–H groups in total. The van der Waals surface area contributed by atoms with E-state index in [1.54, 1.807) is 24.3 Å². The van der Waals surface area contributed by atoms with Crippen LogP contribution in [0.1, 0.15) is 0 Å². The first-order valence-corrected chi connectivity index (χ1v) is 12.8. The number of phenolic OH excluding ortho intramolecular Hbond substituents is 2. The van der Waals surface area contributed by atoms with Gasteiger partial charge in [-0.3, -0.25) is 0 Å². The van der Waals surface area contributed by atoms with Crippen LogP contribution in [-0.4, -0.2) is 121 Å². The molecule has 10 atom stereocenters. The molecule has 3 aromatic rings. The van der Waals surface area contributed by atoms with E-state index < -0.39 is 74.6 Å². The number of benzene rings is 2. The average Bonchev–Trinajstić information content (AvgIpc) is 2.96. The summed E-state index contributed by atoms with van der Waals surface area (Å²) in [6.07, 6.45) is -16.1. The Labute approximate surface area is 232 Å². The lowest BCUT2D eigenvalue weighted by Gasteiger charge is -2.45.